The molecule has 2 rings (SSSR count). The van der Waals surface area contributed by atoms with E-state index < -0.39 is 0 Å². The second-order valence-corrected chi connectivity index (χ2v) is 4.67. The van der Waals surface area contributed by atoms with Gasteiger partial charge in [-0.05, 0) is 37.3 Å². The molecule has 3 nitrogen and oxygen atoms in total. The van der Waals surface area contributed by atoms with Crippen LogP contribution in [0.2, 0.25) is 0 Å². The van der Waals surface area contributed by atoms with E-state index in [2.05, 4.69) is 29.6 Å². The molecule has 18 heavy (non-hydrogen) atoms. The Morgan fingerprint density at radius 1 is 1.44 bits per heavy atom. The van der Waals surface area contributed by atoms with Crippen LogP contribution in [-0.2, 0) is 16.0 Å². The fourth-order valence-electron chi connectivity index (χ4n) is 2.57. The molecule has 1 aromatic carbocycles. The fourth-order valence-corrected chi connectivity index (χ4v) is 2.57. The molecule has 3 heteroatoms. The number of carbonyl (C=O) groups is 1. The first-order valence-corrected chi connectivity index (χ1v) is 6.76. The van der Waals surface area contributed by atoms with Crippen molar-refractivity contribution in [3.05, 3.63) is 35.4 Å². The Morgan fingerprint density at radius 3 is 2.94 bits per heavy atom. The zero-order chi connectivity index (χ0) is 13.0. The molecule has 1 aliphatic carbocycles. The maximum atomic E-state index is 11.8. The van der Waals surface area contributed by atoms with Gasteiger partial charge in [0.05, 0.1) is 6.61 Å². The normalized spacial score (nSPS) is 19.3. The van der Waals surface area contributed by atoms with Crippen molar-refractivity contribution in [1.29, 1.82) is 0 Å². The van der Waals surface area contributed by atoms with E-state index in [-0.39, 0.29) is 18.1 Å². The number of esters is 1. The first-order valence-electron chi connectivity index (χ1n) is 6.76. The molecule has 98 valence electrons. The second kappa shape index (κ2) is 6.01. The third-order valence-electron chi connectivity index (χ3n) is 3.51. The first kappa shape index (κ1) is 13.1. The Labute approximate surface area is 109 Å². The van der Waals surface area contributed by atoms with Crippen molar-refractivity contribution in [2.45, 2.75) is 45.2 Å². The third kappa shape index (κ3) is 2.72. The summed E-state index contributed by atoms with van der Waals surface area (Å²) in [6.07, 6.45) is 2.92. The molecule has 0 saturated carbocycles. The number of fused-ring (bicyclic) bond motifs is 1. The van der Waals surface area contributed by atoms with E-state index in [0.717, 1.165) is 19.3 Å². The lowest BCUT2D eigenvalue weighted by Gasteiger charge is -2.21. The minimum absolute atomic E-state index is 0.135. The van der Waals surface area contributed by atoms with E-state index in [4.69, 9.17) is 4.74 Å². The Bertz CT molecular complexity index is 417. The Balaban J connectivity index is 2.03. The zero-order valence-corrected chi connectivity index (χ0v) is 11.1. The molecule has 2 unspecified atom stereocenters. The van der Waals surface area contributed by atoms with E-state index in [1.165, 1.54) is 11.1 Å². The SMILES string of the molecule is CCOC(=O)C(CC)NC1CCc2ccccc21. The van der Waals surface area contributed by atoms with Crippen LogP contribution < -0.4 is 5.32 Å². The van der Waals surface area contributed by atoms with Gasteiger partial charge in [-0.1, -0.05) is 31.2 Å². The van der Waals surface area contributed by atoms with Crippen molar-refractivity contribution in [1.82, 2.24) is 5.32 Å². The number of benzene rings is 1. The molecule has 0 radical (unpaired) electrons. The molecule has 1 N–H and O–H groups in total. The quantitative estimate of drug-likeness (QED) is 0.813. The number of nitrogens with one attached hydrogen (secondary N) is 1. The molecule has 0 aromatic heterocycles. The standard InChI is InChI=1S/C15H21NO2/c1-3-13(15(17)18-4-2)16-14-10-9-11-7-5-6-8-12(11)14/h5-8,13-14,16H,3-4,9-10H2,1-2H3. The van der Waals surface area contributed by atoms with Crippen molar-refractivity contribution in [2.24, 2.45) is 0 Å². The largest absolute Gasteiger partial charge is 0.465 e. The molecule has 0 amide bonds. The van der Waals surface area contributed by atoms with Gasteiger partial charge in [0.15, 0.2) is 0 Å². The van der Waals surface area contributed by atoms with Crippen molar-refractivity contribution in [2.75, 3.05) is 6.61 Å². The van der Waals surface area contributed by atoms with E-state index in [9.17, 15) is 4.79 Å². The van der Waals surface area contributed by atoms with E-state index in [1.54, 1.807) is 0 Å². The van der Waals surface area contributed by atoms with E-state index in [0.29, 0.717) is 6.61 Å². The van der Waals surface area contributed by atoms with Crippen LogP contribution >= 0.6 is 0 Å². The maximum Gasteiger partial charge on any atom is 0.323 e. The summed E-state index contributed by atoms with van der Waals surface area (Å²) in [5.41, 5.74) is 2.73. The molecule has 0 heterocycles. The summed E-state index contributed by atoms with van der Waals surface area (Å²) in [7, 11) is 0. The highest BCUT2D eigenvalue weighted by Crippen LogP contribution is 2.31. The predicted octanol–water partition coefficient (Wildman–Crippen LogP) is 2.61. The van der Waals surface area contributed by atoms with Gasteiger partial charge in [-0.3, -0.25) is 10.1 Å². The average Bonchev–Trinajstić information content (AvgIpc) is 2.79. The van der Waals surface area contributed by atoms with Crippen LogP contribution in [-0.4, -0.2) is 18.6 Å². The van der Waals surface area contributed by atoms with Crippen LogP contribution in [0, 0.1) is 0 Å². The Hall–Kier alpha value is -1.35. The lowest BCUT2D eigenvalue weighted by Crippen LogP contribution is -2.39. The Kier molecular flexibility index (Phi) is 4.37. The monoisotopic (exact) mass is 247 g/mol. The van der Waals surface area contributed by atoms with Crippen LogP contribution in [0.25, 0.3) is 0 Å². The average molecular weight is 247 g/mol. The van der Waals surface area contributed by atoms with Gasteiger partial charge in [0.1, 0.15) is 6.04 Å². The maximum absolute atomic E-state index is 11.8. The summed E-state index contributed by atoms with van der Waals surface area (Å²) in [5.74, 6) is -0.135. The van der Waals surface area contributed by atoms with Crippen molar-refractivity contribution in [3.63, 3.8) is 0 Å². The molecule has 0 saturated heterocycles. The molecule has 0 fully saturated rings. The van der Waals surface area contributed by atoms with Gasteiger partial charge < -0.3 is 4.74 Å². The molecule has 0 aliphatic heterocycles. The number of hydrogen-bond acceptors (Lipinski definition) is 3. The number of ether oxygens (including phenoxy) is 1. The van der Waals surface area contributed by atoms with Crippen LogP contribution in [0.5, 0.6) is 0 Å². The Morgan fingerprint density at radius 2 is 2.22 bits per heavy atom. The third-order valence-corrected chi connectivity index (χ3v) is 3.51. The smallest absolute Gasteiger partial charge is 0.323 e. The predicted molar refractivity (Wildman–Crippen MR) is 71.4 cm³/mol. The molecule has 0 spiro atoms. The van der Waals surface area contributed by atoms with E-state index in [1.807, 2.05) is 13.8 Å². The second-order valence-electron chi connectivity index (χ2n) is 4.67. The van der Waals surface area contributed by atoms with Gasteiger partial charge in [0.25, 0.3) is 0 Å². The number of aryl methyl sites for hydroxylation is 1. The topological polar surface area (TPSA) is 38.3 Å². The summed E-state index contributed by atoms with van der Waals surface area (Å²) in [6, 6.07) is 8.55. The lowest BCUT2D eigenvalue weighted by molar-refractivity contribution is -0.146. The van der Waals surface area contributed by atoms with Gasteiger partial charge in [-0.2, -0.15) is 0 Å². The van der Waals surface area contributed by atoms with Crippen LogP contribution in [0.15, 0.2) is 24.3 Å². The fraction of sp³-hybridized carbons (Fsp3) is 0.533. The van der Waals surface area contributed by atoms with Crippen LogP contribution in [0.4, 0.5) is 0 Å². The summed E-state index contributed by atoms with van der Waals surface area (Å²) in [6.45, 7) is 4.29. The zero-order valence-electron chi connectivity index (χ0n) is 11.1. The number of rotatable bonds is 5. The molecule has 2 atom stereocenters. The van der Waals surface area contributed by atoms with E-state index >= 15 is 0 Å². The first-order chi connectivity index (χ1) is 8.76. The molecule has 1 aliphatic rings. The highest BCUT2D eigenvalue weighted by molar-refractivity contribution is 5.75. The van der Waals surface area contributed by atoms with Crippen molar-refractivity contribution < 1.29 is 9.53 Å². The molecular formula is C15H21NO2. The number of carbonyl (C=O) groups excluding carboxylic acids is 1. The highest BCUT2D eigenvalue weighted by atomic mass is 16.5. The van der Waals surface area contributed by atoms with Crippen molar-refractivity contribution >= 4 is 5.97 Å². The summed E-state index contributed by atoms with van der Waals surface area (Å²) in [5, 5.41) is 3.43. The van der Waals surface area contributed by atoms with Gasteiger partial charge >= 0.3 is 5.97 Å². The molecular weight excluding hydrogens is 226 g/mol. The van der Waals surface area contributed by atoms with Crippen molar-refractivity contribution in [3.8, 4) is 0 Å². The minimum Gasteiger partial charge on any atom is -0.465 e. The summed E-state index contributed by atoms with van der Waals surface area (Å²) >= 11 is 0. The molecule has 1 aromatic rings. The van der Waals surface area contributed by atoms with Crippen LogP contribution in [0.3, 0.4) is 0 Å². The number of hydrogen-bond donors (Lipinski definition) is 1. The lowest BCUT2D eigenvalue weighted by atomic mass is 10.1. The van der Waals surface area contributed by atoms with Crippen LogP contribution in [0.1, 0.15) is 43.9 Å². The van der Waals surface area contributed by atoms with Gasteiger partial charge in [-0.15, -0.1) is 0 Å². The van der Waals surface area contributed by atoms with Gasteiger partial charge in [0.2, 0.25) is 0 Å². The molecule has 0 bridgehead atoms. The summed E-state index contributed by atoms with van der Waals surface area (Å²) < 4.78 is 5.09. The highest BCUT2D eigenvalue weighted by Gasteiger charge is 2.27. The van der Waals surface area contributed by atoms with Gasteiger partial charge in [0, 0.05) is 6.04 Å². The van der Waals surface area contributed by atoms with Gasteiger partial charge in [-0.25, -0.2) is 0 Å². The summed E-state index contributed by atoms with van der Waals surface area (Å²) in [4.78, 5) is 11.8. The minimum atomic E-state index is -0.193.